The summed E-state index contributed by atoms with van der Waals surface area (Å²) < 4.78 is 18.7. The number of rotatable bonds is 4. The summed E-state index contributed by atoms with van der Waals surface area (Å²) in [4.78, 5) is 11.0. The lowest BCUT2D eigenvalue weighted by Crippen LogP contribution is -2.06. The fourth-order valence-corrected chi connectivity index (χ4v) is 1.88. The number of carboxylic acid groups (broad SMARTS) is 1. The molecule has 0 bridgehead atoms. The molecular formula is C15H12ClFO3. The van der Waals surface area contributed by atoms with Gasteiger partial charge >= 0.3 is 5.97 Å². The quantitative estimate of drug-likeness (QED) is 0.925. The van der Waals surface area contributed by atoms with Crippen LogP contribution in [0.2, 0.25) is 5.02 Å². The van der Waals surface area contributed by atoms with Crippen LogP contribution in [0.5, 0.6) is 5.75 Å². The van der Waals surface area contributed by atoms with Crippen molar-refractivity contribution in [2.24, 2.45) is 0 Å². The first-order chi connectivity index (χ1) is 9.47. The molecule has 0 fully saturated rings. The van der Waals surface area contributed by atoms with Crippen LogP contribution in [-0.2, 0) is 6.61 Å². The molecule has 0 radical (unpaired) electrons. The highest BCUT2D eigenvalue weighted by Crippen LogP contribution is 2.22. The molecule has 0 aromatic heterocycles. The molecule has 0 amide bonds. The van der Waals surface area contributed by atoms with Gasteiger partial charge in [-0.15, -0.1) is 0 Å². The van der Waals surface area contributed by atoms with Crippen molar-refractivity contribution in [1.82, 2.24) is 0 Å². The summed E-state index contributed by atoms with van der Waals surface area (Å²) in [6.07, 6.45) is 0. The van der Waals surface area contributed by atoms with Gasteiger partial charge in [-0.25, -0.2) is 9.18 Å². The third-order valence-corrected chi connectivity index (χ3v) is 3.25. The molecule has 20 heavy (non-hydrogen) atoms. The summed E-state index contributed by atoms with van der Waals surface area (Å²) in [7, 11) is 0. The topological polar surface area (TPSA) is 46.5 Å². The summed E-state index contributed by atoms with van der Waals surface area (Å²) in [5, 5.41) is 9.66. The fourth-order valence-electron chi connectivity index (χ4n) is 1.76. The van der Waals surface area contributed by atoms with E-state index in [0.29, 0.717) is 10.8 Å². The van der Waals surface area contributed by atoms with Gasteiger partial charge in [0.05, 0.1) is 5.56 Å². The third kappa shape index (κ3) is 3.27. The molecular weight excluding hydrogens is 283 g/mol. The van der Waals surface area contributed by atoms with Crippen LogP contribution in [0.15, 0.2) is 36.4 Å². The third-order valence-electron chi connectivity index (χ3n) is 2.82. The standard InChI is InChI=1S/C15H12ClFO3/c1-9-6-12(3-5-14(9)16)20-8-10-7-11(17)2-4-13(10)15(18)19/h2-7H,8H2,1H3,(H,18,19). The first-order valence-corrected chi connectivity index (χ1v) is 6.26. The molecule has 0 aliphatic carbocycles. The minimum Gasteiger partial charge on any atom is -0.489 e. The Hall–Kier alpha value is -2.07. The van der Waals surface area contributed by atoms with Gasteiger partial charge in [0.1, 0.15) is 18.2 Å². The van der Waals surface area contributed by atoms with Crippen molar-refractivity contribution in [3.63, 3.8) is 0 Å². The highest BCUT2D eigenvalue weighted by atomic mass is 35.5. The SMILES string of the molecule is Cc1cc(OCc2cc(F)ccc2C(=O)O)ccc1Cl. The zero-order valence-electron chi connectivity index (χ0n) is 10.7. The summed E-state index contributed by atoms with van der Waals surface area (Å²) in [6.45, 7) is 1.81. The van der Waals surface area contributed by atoms with Gasteiger partial charge in [-0.3, -0.25) is 0 Å². The minimum absolute atomic E-state index is 0.0251. The molecule has 0 heterocycles. The molecule has 0 unspecified atom stereocenters. The summed E-state index contributed by atoms with van der Waals surface area (Å²) >= 11 is 5.90. The molecule has 0 saturated heterocycles. The van der Waals surface area contributed by atoms with Crippen molar-refractivity contribution >= 4 is 17.6 Å². The number of halogens is 2. The predicted molar refractivity (Wildman–Crippen MR) is 73.9 cm³/mol. The van der Waals surface area contributed by atoms with Gasteiger partial charge < -0.3 is 9.84 Å². The van der Waals surface area contributed by atoms with E-state index in [9.17, 15) is 9.18 Å². The lowest BCUT2D eigenvalue weighted by molar-refractivity contribution is 0.0694. The van der Waals surface area contributed by atoms with Crippen LogP contribution in [0.3, 0.4) is 0 Å². The van der Waals surface area contributed by atoms with Crippen molar-refractivity contribution in [2.45, 2.75) is 13.5 Å². The molecule has 0 aliphatic rings. The monoisotopic (exact) mass is 294 g/mol. The van der Waals surface area contributed by atoms with Crippen molar-refractivity contribution in [1.29, 1.82) is 0 Å². The minimum atomic E-state index is -1.11. The van der Waals surface area contributed by atoms with Crippen molar-refractivity contribution in [3.8, 4) is 5.75 Å². The van der Waals surface area contributed by atoms with E-state index >= 15 is 0 Å². The molecule has 0 spiro atoms. The first-order valence-electron chi connectivity index (χ1n) is 5.88. The molecule has 2 aromatic rings. The highest BCUT2D eigenvalue weighted by Gasteiger charge is 2.11. The number of hydrogen-bond acceptors (Lipinski definition) is 2. The molecule has 0 aliphatic heterocycles. The zero-order valence-corrected chi connectivity index (χ0v) is 11.4. The van der Waals surface area contributed by atoms with E-state index in [-0.39, 0.29) is 17.7 Å². The molecule has 2 aromatic carbocycles. The zero-order chi connectivity index (χ0) is 14.7. The van der Waals surface area contributed by atoms with Gasteiger partial charge in [-0.1, -0.05) is 11.6 Å². The van der Waals surface area contributed by atoms with E-state index in [1.165, 1.54) is 6.07 Å². The summed E-state index contributed by atoms with van der Waals surface area (Å²) in [5.41, 5.74) is 1.16. The van der Waals surface area contributed by atoms with Gasteiger partial charge in [0, 0.05) is 10.6 Å². The molecule has 1 N–H and O–H groups in total. The van der Waals surface area contributed by atoms with Crippen LogP contribution < -0.4 is 4.74 Å². The van der Waals surface area contributed by atoms with E-state index < -0.39 is 11.8 Å². The van der Waals surface area contributed by atoms with Crippen LogP contribution >= 0.6 is 11.6 Å². The van der Waals surface area contributed by atoms with E-state index in [0.717, 1.165) is 17.7 Å². The first kappa shape index (κ1) is 14.3. The lowest BCUT2D eigenvalue weighted by Gasteiger charge is -2.10. The molecule has 5 heteroatoms. The van der Waals surface area contributed by atoms with Crippen molar-refractivity contribution in [3.05, 3.63) is 63.9 Å². The van der Waals surface area contributed by atoms with Crippen LogP contribution in [0, 0.1) is 12.7 Å². The Labute approximate surface area is 120 Å². The van der Waals surface area contributed by atoms with E-state index in [1.54, 1.807) is 18.2 Å². The van der Waals surface area contributed by atoms with Crippen LogP contribution in [0.1, 0.15) is 21.5 Å². The molecule has 104 valence electrons. The molecule has 2 rings (SSSR count). The average molecular weight is 295 g/mol. The van der Waals surface area contributed by atoms with Gasteiger partial charge in [-0.05, 0) is 48.9 Å². The molecule has 3 nitrogen and oxygen atoms in total. The second-order valence-corrected chi connectivity index (χ2v) is 4.71. The Kier molecular flexibility index (Phi) is 4.25. The Morgan fingerprint density at radius 2 is 2.05 bits per heavy atom. The van der Waals surface area contributed by atoms with Crippen LogP contribution in [0.25, 0.3) is 0 Å². The second-order valence-electron chi connectivity index (χ2n) is 4.31. The van der Waals surface area contributed by atoms with Crippen LogP contribution in [-0.4, -0.2) is 11.1 Å². The number of aryl methyl sites for hydroxylation is 1. The van der Waals surface area contributed by atoms with E-state index in [2.05, 4.69) is 0 Å². The Balaban J connectivity index is 2.20. The van der Waals surface area contributed by atoms with Gasteiger partial charge in [0.2, 0.25) is 0 Å². The van der Waals surface area contributed by atoms with E-state index in [1.807, 2.05) is 6.92 Å². The molecule has 0 atom stereocenters. The smallest absolute Gasteiger partial charge is 0.336 e. The van der Waals surface area contributed by atoms with Crippen LogP contribution in [0.4, 0.5) is 4.39 Å². The fraction of sp³-hybridized carbons (Fsp3) is 0.133. The number of aromatic carboxylic acids is 1. The maximum atomic E-state index is 13.2. The molecule has 0 saturated carbocycles. The lowest BCUT2D eigenvalue weighted by atomic mass is 10.1. The van der Waals surface area contributed by atoms with Crippen molar-refractivity contribution in [2.75, 3.05) is 0 Å². The largest absolute Gasteiger partial charge is 0.489 e. The van der Waals surface area contributed by atoms with Gasteiger partial charge in [-0.2, -0.15) is 0 Å². The summed E-state index contributed by atoms with van der Waals surface area (Å²) in [5.74, 6) is -1.07. The number of carbonyl (C=O) groups is 1. The normalized spacial score (nSPS) is 10.3. The summed E-state index contributed by atoms with van der Waals surface area (Å²) in [6, 6.07) is 8.60. The van der Waals surface area contributed by atoms with Crippen molar-refractivity contribution < 1.29 is 19.0 Å². The highest BCUT2D eigenvalue weighted by molar-refractivity contribution is 6.31. The maximum absolute atomic E-state index is 13.2. The number of ether oxygens (including phenoxy) is 1. The van der Waals surface area contributed by atoms with Gasteiger partial charge in [0.25, 0.3) is 0 Å². The Bertz CT molecular complexity index is 656. The predicted octanol–water partition coefficient (Wildman–Crippen LogP) is 4.06. The number of carboxylic acids is 1. The Morgan fingerprint density at radius 1 is 1.30 bits per heavy atom. The maximum Gasteiger partial charge on any atom is 0.336 e. The number of benzene rings is 2. The van der Waals surface area contributed by atoms with Gasteiger partial charge in [0.15, 0.2) is 0 Å². The second kappa shape index (κ2) is 5.92. The van der Waals surface area contributed by atoms with E-state index in [4.69, 9.17) is 21.4 Å². The number of hydrogen-bond donors (Lipinski definition) is 1. The Morgan fingerprint density at radius 3 is 2.70 bits per heavy atom. The average Bonchev–Trinajstić information content (AvgIpc) is 2.40.